The number of aliphatic hydroxyl groups is 1. The molecule has 1 heterocycles. The number of Topliss-reactive ketones (excluding diaryl/α,β-unsaturated/α-hetero) is 1. The Morgan fingerprint density at radius 2 is 1.89 bits per heavy atom. The van der Waals surface area contributed by atoms with Gasteiger partial charge in [0.2, 0.25) is 5.78 Å². The normalized spacial score (nSPS) is 18.1. The summed E-state index contributed by atoms with van der Waals surface area (Å²) in [5, 5.41) is 10.0. The Bertz CT molecular complexity index is 479. The Kier molecular flexibility index (Phi) is 4.86. The fourth-order valence-corrected chi connectivity index (χ4v) is 2.40. The highest BCUT2D eigenvalue weighted by atomic mass is 16.3. The molecule has 1 N–H and O–H groups in total. The van der Waals surface area contributed by atoms with E-state index in [1.165, 1.54) is 19.3 Å². The summed E-state index contributed by atoms with van der Waals surface area (Å²) in [5.74, 6) is -0.228. The van der Waals surface area contributed by atoms with E-state index in [-0.39, 0.29) is 5.78 Å². The van der Waals surface area contributed by atoms with Crippen LogP contribution in [0.5, 0.6) is 0 Å². The molecule has 2 rings (SSSR count). The van der Waals surface area contributed by atoms with Crippen molar-refractivity contribution in [1.82, 2.24) is 0 Å². The minimum Gasteiger partial charge on any atom is -0.380 e. The molecule has 1 aromatic rings. The Morgan fingerprint density at radius 1 is 1.16 bits per heavy atom. The molecule has 1 unspecified atom stereocenters. The first kappa shape index (κ1) is 13.9. The van der Waals surface area contributed by atoms with Crippen molar-refractivity contribution in [3.63, 3.8) is 0 Å². The molecule has 1 aliphatic heterocycles. The number of para-hydroxylation sites is 1. The molecule has 19 heavy (non-hydrogen) atoms. The van der Waals surface area contributed by atoms with Crippen LogP contribution in [0.2, 0.25) is 0 Å². The van der Waals surface area contributed by atoms with Gasteiger partial charge in [-0.15, -0.1) is 0 Å². The van der Waals surface area contributed by atoms with Gasteiger partial charge in [-0.05, 0) is 18.9 Å². The lowest BCUT2D eigenvalue weighted by Gasteiger charge is -2.19. The second-order valence-corrected chi connectivity index (χ2v) is 5.05. The lowest BCUT2D eigenvalue weighted by molar-refractivity contribution is -0.121. The zero-order chi connectivity index (χ0) is 13.7. The standard InChI is InChI=1S/C16H21NO2/c1-2-3-4-5-6-11-14-16(19)15(18)12-9-7-8-10-13(12)17-14/h7-10,15,18H,2-6,11H2,1H3. The molecule has 3 nitrogen and oxygen atoms in total. The average molecular weight is 259 g/mol. The molecule has 1 aliphatic rings. The molecule has 0 saturated heterocycles. The van der Waals surface area contributed by atoms with Crippen LogP contribution in [0.4, 0.5) is 5.69 Å². The predicted octanol–water partition coefficient (Wildman–Crippen LogP) is 3.74. The zero-order valence-corrected chi connectivity index (χ0v) is 11.4. The minimum atomic E-state index is -1.03. The predicted molar refractivity (Wildman–Crippen MR) is 76.9 cm³/mol. The molecule has 0 amide bonds. The fraction of sp³-hybridized carbons (Fsp3) is 0.500. The van der Waals surface area contributed by atoms with Gasteiger partial charge in [-0.2, -0.15) is 0 Å². The highest BCUT2D eigenvalue weighted by molar-refractivity contribution is 6.42. The van der Waals surface area contributed by atoms with Crippen LogP contribution in [0.25, 0.3) is 0 Å². The fourth-order valence-electron chi connectivity index (χ4n) is 2.40. The molecular weight excluding hydrogens is 238 g/mol. The number of hydrogen-bond acceptors (Lipinski definition) is 3. The lowest BCUT2D eigenvalue weighted by Crippen LogP contribution is -2.25. The Morgan fingerprint density at radius 3 is 2.68 bits per heavy atom. The average Bonchev–Trinajstić information content (AvgIpc) is 2.44. The van der Waals surface area contributed by atoms with Gasteiger partial charge in [0.1, 0.15) is 6.10 Å². The van der Waals surface area contributed by atoms with E-state index in [1.807, 2.05) is 18.2 Å². The molecular formula is C16H21NO2. The van der Waals surface area contributed by atoms with Crippen molar-refractivity contribution in [3.8, 4) is 0 Å². The summed E-state index contributed by atoms with van der Waals surface area (Å²) in [4.78, 5) is 16.4. The van der Waals surface area contributed by atoms with Gasteiger partial charge in [-0.1, -0.05) is 50.8 Å². The van der Waals surface area contributed by atoms with Crippen LogP contribution >= 0.6 is 0 Å². The number of aliphatic imine (C=N–C) groups is 1. The van der Waals surface area contributed by atoms with E-state index in [0.29, 0.717) is 17.7 Å². The van der Waals surface area contributed by atoms with Gasteiger partial charge >= 0.3 is 0 Å². The Labute approximate surface area is 114 Å². The summed E-state index contributed by atoms with van der Waals surface area (Å²) in [6.07, 6.45) is 5.40. The SMILES string of the molecule is CCCCCCCC1=Nc2ccccc2C(O)C1=O. The van der Waals surface area contributed by atoms with Crippen LogP contribution in [-0.2, 0) is 4.79 Å². The first-order chi connectivity index (χ1) is 9.24. The molecule has 0 radical (unpaired) electrons. The molecule has 0 fully saturated rings. The highest BCUT2D eigenvalue weighted by Gasteiger charge is 2.28. The van der Waals surface area contributed by atoms with E-state index in [4.69, 9.17) is 0 Å². The molecule has 0 bridgehead atoms. The molecule has 3 heteroatoms. The van der Waals surface area contributed by atoms with Crippen LogP contribution < -0.4 is 0 Å². The third kappa shape index (κ3) is 3.29. The number of carbonyl (C=O) groups excluding carboxylic acids is 1. The Hall–Kier alpha value is -1.48. The van der Waals surface area contributed by atoms with Crippen molar-refractivity contribution in [3.05, 3.63) is 29.8 Å². The maximum atomic E-state index is 12.0. The second kappa shape index (κ2) is 6.62. The van der Waals surface area contributed by atoms with Crippen LogP contribution in [0.1, 0.15) is 57.1 Å². The smallest absolute Gasteiger partial charge is 0.210 e. The zero-order valence-electron chi connectivity index (χ0n) is 11.4. The molecule has 0 aromatic heterocycles. The van der Waals surface area contributed by atoms with Crippen LogP contribution in [0.3, 0.4) is 0 Å². The van der Waals surface area contributed by atoms with Gasteiger partial charge in [-0.25, -0.2) is 4.99 Å². The topological polar surface area (TPSA) is 49.7 Å². The maximum Gasteiger partial charge on any atom is 0.210 e. The number of hydrogen-bond donors (Lipinski definition) is 1. The number of aliphatic hydroxyl groups excluding tert-OH is 1. The number of fused-ring (bicyclic) bond motifs is 1. The van der Waals surface area contributed by atoms with E-state index >= 15 is 0 Å². The van der Waals surface area contributed by atoms with Crippen molar-refractivity contribution >= 4 is 17.2 Å². The van der Waals surface area contributed by atoms with Gasteiger partial charge < -0.3 is 5.11 Å². The minimum absolute atomic E-state index is 0.228. The summed E-state index contributed by atoms with van der Waals surface area (Å²) in [7, 11) is 0. The molecule has 0 aliphatic carbocycles. The first-order valence-electron chi connectivity index (χ1n) is 7.12. The van der Waals surface area contributed by atoms with Crippen molar-refractivity contribution in [1.29, 1.82) is 0 Å². The van der Waals surface area contributed by atoms with E-state index in [1.54, 1.807) is 6.07 Å². The van der Waals surface area contributed by atoms with E-state index in [9.17, 15) is 9.90 Å². The summed E-state index contributed by atoms with van der Waals surface area (Å²) in [5.41, 5.74) is 1.89. The third-order valence-electron chi connectivity index (χ3n) is 3.54. The summed E-state index contributed by atoms with van der Waals surface area (Å²) in [6, 6.07) is 7.31. The van der Waals surface area contributed by atoms with Crippen molar-refractivity contribution < 1.29 is 9.90 Å². The highest BCUT2D eigenvalue weighted by Crippen LogP contribution is 2.31. The molecule has 102 valence electrons. The lowest BCUT2D eigenvalue weighted by atomic mass is 9.94. The van der Waals surface area contributed by atoms with Crippen molar-refractivity contribution in [2.24, 2.45) is 4.99 Å². The van der Waals surface area contributed by atoms with Crippen molar-refractivity contribution in [2.45, 2.75) is 51.6 Å². The van der Waals surface area contributed by atoms with Gasteiger partial charge in [0.15, 0.2) is 0 Å². The summed E-state index contributed by atoms with van der Waals surface area (Å²) in [6.45, 7) is 2.18. The number of benzene rings is 1. The van der Waals surface area contributed by atoms with Crippen LogP contribution in [-0.4, -0.2) is 16.6 Å². The van der Waals surface area contributed by atoms with Crippen LogP contribution in [0, 0.1) is 0 Å². The second-order valence-electron chi connectivity index (χ2n) is 5.05. The van der Waals surface area contributed by atoms with Gasteiger partial charge in [0, 0.05) is 5.56 Å². The van der Waals surface area contributed by atoms with Gasteiger partial charge in [-0.3, -0.25) is 4.79 Å². The number of carbonyl (C=O) groups is 1. The third-order valence-corrected chi connectivity index (χ3v) is 3.54. The largest absolute Gasteiger partial charge is 0.380 e. The molecule has 1 atom stereocenters. The number of unbranched alkanes of at least 4 members (excludes halogenated alkanes) is 4. The van der Waals surface area contributed by atoms with Gasteiger partial charge in [0.05, 0.1) is 11.4 Å². The van der Waals surface area contributed by atoms with Crippen molar-refractivity contribution in [2.75, 3.05) is 0 Å². The molecule has 0 saturated carbocycles. The van der Waals surface area contributed by atoms with E-state index in [2.05, 4.69) is 11.9 Å². The number of ketones is 1. The molecule has 0 spiro atoms. The van der Waals surface area contributed by atoms with E-state index < -0.39 is 6.10 Å². The molecule has 1 aromatic carbocycles. The first-order valence-corrected chi connectivity index (χ1v) is 7.12. The van der Waals surface area contributed by atoms with Crippen LogP contribution in [0.15, 0.2) is 29.3 Å². The number of nitrogens with zero attached hydrogens (tertiary/aromatic N) is 1. The van der Waals surface area contributed by atoms with Gasteiger partial charge in [0.25, 0.3) is 0 Å². The number of rotatable bonds is 6. The summed E-state index contributed by atoms with van der Waals surface area (Å²) >= 11 is 0. The Balaban J connectivity index is 2.01. The van der Waals surface area contributed by atoms with E-state index in [0.717, 1.165) is 18.5 Å². The summed E-state index contributed by atoms with van der Waals surface area (Å²) < 4.78 is 0. The quantitative estimate of drug-likeness (QED) is 0.791. The maximum absolute atomic E-state index is 12.0. The monoisotopic (exact) mass is 259 g/mol.